The molecule has 1 fully saturated rings. The van der Waals surface area contributed by atoms with Crippen molar-refractivity contribution in [3.8, 4) is 11.5 Å². The molecule has 1 aliphatic carbocycles. The minimum atomic E-state index is -0.237. The molecule has 1 heterocycles. The van der Waals surface area contributed by atoms with Crippen LogP contribution in [-0.2, 0) is 5.54 Å². The van der Waals surface area contributed by atoms with Gasteiger partial charge in [-0.25, -0.2) is 0 Å². The molecule has 0 aromatic heterocycles. The molecule has 1 aromatic rings. The van der Waals surface area contributed by atoms with Crippen molar-refractivity contribution >= 4 is 11.6 Å². The fraction of sp³-hybridized carbons (Fsp3) is 0.600. The van der Waals surface area contributed by atoms with E-state index in [9.17, 15) is 0 Å². The molecule has 0 unspecified atom stereocenters. The molecule has 0 amide bonds. The van der Waals surface area contributed by atoms with E-state index < -0.39 is 0 Å². The first-order valence-corrected chi connectivity index (χ1v) is 7.32. The summed E-state index contributed by atoms with van der Waals surface area (Å²) >= 11 is 6.55. The normalized spacial score (nSPS) is 20.3. The smallest absolute Gasteiger partial charge is 0.180 e. The number of benzene rings is 1. The largest absolute Gasteiger partial charge is 0.486 e. The minimum Gasteiger partial charge on any atom is -0.486 e. The van der Waals surface area contributed by atoms with Crippen LogP contribution in [0.4, 0.5) is 0 Å². The van der Waals surface area contributed by atoms with Crippen molar-refractivity contribution in [2.75, 3.05) is 13.2 Å². The highest BCUT2D eigenvalue weighted by molar-refractivity contribution is 6.33. The summed E-state index contributed by atoms with van der Waals surface area (Å²) in [6.45, 7) is 5.41. The highest BCUT2D eigenvalue weighted by Crippen LogP contribution is 2.50. The summed E-state index contributed by atoms with van der Waals surface area (Å²) in [6.07, 6.45) is 3.21. The number of halogens is 1. The van der Waals surface area contributed by atoms with Gasteiger partial charge in [0.25, 0.3) is 0 Å². The van der Waals surface area contributed by atoms with Crippen molar-refractivity contribution in [1.29, 1.82) is 0 Å². The van der Waals surface area contributed by atoms with Crippen LogP contribution in [0.2, 0.25) is 5.02 Å². The molecule has 3 rings (SSSR count). The van der Waals surface area contributed by atoms with Crippen molar-refractivity contribution in [3.63, 3.8) is 0 Å². The fourth-order valence-electron chi connectivity index (χ4n) is 2.96. The van der Waals surface area contributed by atoms with Crippen LogP contribution in [0.1, 0.15) is 50.2 Å². The van der Waals surface area contributed by atoms with Crippen LogP contribution in [0.3, 0.4) is 0 Å². The van der Waals surface area contributed by atoms with Gasteiger partial charge in [0.2, 0.25) is 0 Å². The van der Waals surface area contributed by atoms with Crippen LogP contribution in [-0.4, -0.2) is 13.2 Å². The molecule has 4 heteroatoms. The molecule has 19 heavy (non-hydrogen) atoms. The highest BCUT2D eigenvalue weighted by atomic mass is 35.5. The summed E-state index contributed by atoms with van der Waals surface area (Å²) in [5, 5.41) is 0.680. The maximum atomic E-state index is 6.55. The summed E-state index contributed by atoms with van der Waals surface area (Å²) in [7, 11) is 0. The molecule has 0 bridgehead atoms. The molecule has 0 atom stereocenters. The molecule has 0 radical (unpaired) electrons. The van der Waals surface area contributed by atoms with Gasteiger partial charge in [-0.2, -0.15) is 0 Å². The number of hydrogen-bond donors (Lipinski definition) is 1. The van der Waals surface area contributed by atoms with E-state index >= 15 is 0 Å². The Bertz CT molecular complexity index is 509. The van der Waals surface area contributed by atoms with Crippen LogP contribution in [0.15, 0.2) is 6.07 Å². The van der Waals surface area contributed by atoms with E-state index in [2.05, 4.69) is 19.9 Å². The Morgan fingerprint density at radius 3 is 2.53 bits per heavy atom. The van der Waals surface area contributed by atoms with Crippen molar-refractivity contribution in [2.45, 2.75) is 44.6 Å². The number of nitrogens with two attached hydrogens (primary N) is 1. The van der Waals surface area contributed by atoms with E-state index in [4.69, 9.17) is 26.8 Å². The Morgan fingerprint density at radius 2 is 1.95 bits per heavy atom. The zero-order chi connectivity index (χ0) is 13.6. The van der Waals surface area contributed by atoms with Crippen molar-refractivity contribution < 1.29 is 9.47 Å². The first-order valence-electron chi connectivity index (χ1n) is 6.94. The van der Waals surface area contributed by atoms with E-state index in [-0.39, 0.29) is 5.54 Å². The Balaban J connectivity index is 2.19. The van der Waals surface area contributed by atoms with E-state index in [0.29, 0.717) is 29.9 Å². The molecule has 1 saturated carbocycles. The molecule has 3 nitrogen and oxygen atoms in total. The molecule has 1 aromatic carbocycles. The Morgan fingerprint density at radius 1 is 1.26 bits per heavy atom. The predicted molar refractivity (Wildman–Crippen MR) is 76.2 cm³/mol. The standard InChI is InChI=1S/C15H20ClNO2/c1-9(2)12-10(15(17)4-3-5-15)8-11-14(13(12)16)19-7-6-18-11/h8-9H,3-7,17H2,1-2H3. The molecule has 2 N–H and O–H groups in total. The first-order chi connectivity index (χ1) is 9.03. The zero-order valence-corrected chi connectivity index (χ0v) is 12.2. The van der Waals surface area contributed by atoms with E-state index in [1.54, 1.807) is 0 Å². The fourth-order valence-corrected chi connectivity index (χ4v) is 3.43. The first kappa shape index (κ1) is 13.1. The number of hydrogen-bond acceptors (Lipinski definition) is 3. The average Bonchev–Trinajstić information content (AvgIpc) is 2.35. The maximum Gasteiger partial charge on any atom is 0.180 e. The molecule has 1 aliphatic heterocycles. The number of rotatable bonds is 2. The molecular weight excluding hydrogens is 262 g/mol. The van der Waals surface area contributed by atoms with Gasteiger partial charge in [-0.3, -0.25) is 0 Å². The summed E-state index contributed by atoms with van der Waals surface area (Å²) in [5.74, 6) is 1.75. The van der Waals surface area contributed by atoms with Gasteiger partial charge in [-0.1, -0.05) is 25.4 Å². The van der Waals surface area contributed by atoms with Crippen molar-refractivity contribution in [1.82, 2.24) is 0 Å². The van der Waals surface area contributed by atoms with E-state index in [1.165, 1.54) is 6.42 Å². The second-order valence-electron chi connectivity index (χ2n) is 5.84. The second-order valence-corrected chi connectivity index (χ2v) is 6.22. The predicted octanol–water partition coefficient (Wildman–Crippen LogP) is 3.57. The summed E-state index contributed by atoms with van der Waals surface area (Å²) in [6, 6.07) is 2.05. The van der Waals surface area contributed by atoms with Crippen LogP contribution in [0.25, 0.3) is 0 Å². The third-order valence-electron chi connectivity index (χ3n) is 4.17. The van der Waals surface area contributed by atoms with Gasteiger partial charge in [0.15, 0.2) is 11.5 Å². The van der Waals surface area contributed by atoms with Crippen LogP contribution in [0.5, 0.6) is 11.5 Å². The summed E-state index contributed by atoms with van der Waals surface area (Å²) in [5.41, 5.74) is 8.53. The quantitative estimate of drug-likeness (QED) is 0.901. The topological polar surface area (TPSA) is 44.5 Å². The Kier molecular flexibility index (Phi) is 3.14. The monoisotopic (exact) mass is 281 g/mol. The highest BCUT2D eigenvalue weighted by Gasteiger charge is 2.39. The molecule has 0 spiro atoms. The zero-order valence-electron chi connectivity index (χ0n) is 11.5. The molecule has 104 valence electrons. The van der Waals surface area contributed by atoms with Crippen LogP contribution < -0.4 is 15.2 Å². The maximum absolute atomic E-state index is 6.55. The van der Waals surface area contributed by atoms with Crippen molar-refractivity contribution in [2.24, 2.45) is 5.73 Å². The summed E-state index contributed by atoms with van der Waals surface area (Å²) in [4.78, 5) is 0. The second kappa shape index (κ2) is 4.57. The Hall–Kier alpha value is -0.930. The Labute approximate surface area is 119 Å². The number of fused-ring (bicyclic) bond motifs is 1. The number of ether oxygens (including phenoxy) is 2. The van der Waals surface area contributed by atoms with Gasteiger partial charge >= 0.3 is 0 Å². The molecular formula is C15H20ClNO2. The van der Waals surface area contributed by atoms with Crippen molar-refractivity contribution in [3.05, 3.63) is 22.2 Å². The lowest BCUT2D eigenvalue weighted by molar-refractivity contribution is 0.169. The lowest BCUT2D eigenvalue weighted by atomic mass is 9.70. The summed E-state index contributed by atoms with van der Waals surface area (Å²) < 4.78 is 11.3. The molecule has 2 aliphatic rings. The lowest BCUT2D eigenvalue weighted by Gasteiger charge is -2.41. The minimum absolute atomic E-state index is 0.237. The lowest BCUT2D eigenvalue weighted by Crippen LogP contribution is -2.44. The van der Waals surface area contributed by atoms with Gasteiger partial charge in [0.1, 0.15) is 13.2 Å². The third-order valence-corrected chi connectivity index (χ3v) is 4.55. The van der Waals surface area contributed by atoms with Crippen LogP contribution >= 0.6 is 11.6 Å². The van der Waals surface area contributed by atoms with Gasteiger partial charge in [-0.15, -0.1) is 0 Å². The van der Waals surface area contributed by atoms with Gasteiger partial charge in [-0.05, 0) is 42.4 Å². The van der Waals surface area contributed by atoms with Crippen LogP contribution in [0, 0.1) is 0 Å². The SMILES string of the molecule is CC(C)c1c(C2(N)CCC2)cc2c(c1Cl)OCCO2. The van der Waals surface area contributed by atoms with E-state index in [1.807, 2.05) is 0 Å². The average molecular weight is 282 g/mol. The van der Waals surface area contributed by atoms with Gasteiger partial charge < -0.3 is 15.2 Å². The van der Waals surface area contributed by atoms with Gasteiger partial charge in [0, 0.05) is 5.54 Å². The molecule has 0 saturated heterocycles. The van der Waals surface area contributed by atoms with Gasteiger partial charge in [0.05, 0.1) is 5.02 Å². The third kappa shape index (κ3) is 2.00. The van der Waals surface area contributed by atoms with E-state index in [0.717, 1.165) is 29.7 Å².